The molecule has 0 unspecified atom stereocenters. The maximum absolute atomic E-state index is 6.01. The summed E-state index contributed by atoms with van der Waals surface area (Å²) in [5.74, 6) is 1.04. The van der Waals surface area contributed by atoms with Crippen molar-refractivity contribution in [1.29, 1.82) is 0 Å². The lowest BCUT2D eigenvalue weighted by Gasteiger charge is -2.23. The first-order valence-corrected chi connectivity index (χ1v) is 13.9. The van der Waals surface area contributed by atoms with Crippen LogP contribution >= 0.6 is 47.2 Å². The van der Waals surface area contributed by atoms with Gasteiger partial charge in [-0.2, -0.15) is 0 Å². The Balaban J connectivity index is 0.000000164. The molecule has 4 aliphatic rings. The highest BCUT2D eigenvalue weighted by atomic mass is 35.5. The topological polar surface area (TPSA) is 73.3 Å². The van der Waals surface area contributed by atoms with Crippen LogP contribution in [0.5, 0.6) is 0 Å². The van der Waals surface area contributed by atoms with Crippen molar-refractivity contribution in [3.05, 3.63) is 38.2 Å². The maximum Gasteiger partial charge on any atom is 0.224 e. The molecule has 2 aromatic rings. The Hall–Kier alpha value is -0.960. The van der Waals surface area contributed by atoms with Crippen LogP contribution in [0.25, 0.3) is 0 Å². The summed E-state index contributed by atoms with van der Waals surface area (Å²) in [5, 5.41) is 1.17. The van der Waals surface area contributed by atoms with Gasteiger partial charge < -0.3 is 14.4 Å². The van der Waals surface area contributed by atoms with Gasteiger partial charge in [-0.25, -0.2) is 19.9 Å². The van der Waals surface area contributed by atoms with E-state index >= 15 is 0 Å². The largest absolute Gasteiger partial charge is 0.381 e. The third kappa shape index (κ3) is 8.53. The number of aryl methyl sites for hydroxylation is 2. The monoisotopic (exact) mass is 577 g/mol. The summed E-state index contributed by atoms with van der Waals surface area (Å²) in [5.41, 5.74) is 4.55. The number of hydrogen-bond acceptors (Lipinski definition) is 7. The Labute approximate surface area is 235 Å². The predicted octanol–water partition coefficient (Wildman–Crippen LogP) is 6.12. The van der Waals surface area contributed by atoms with Gasteiger partial charge >= 0.3 is 0 Å². The second kappa shape index (κ2) is 15.5. The SMILES string of the molecule is C1CCCOCC1.Cl.Clc1nc(Cl)c2c(n1)CCC2.Clc1nc2c(c(N3CCCOCC3)n1)CCC2. The van der Waals surface area contributed by atoms with Gasteiger partial charge in [-0.05, 0) is 81.0 Å². The van der Waals surface area contributed by atoms with Gasteiger partial charge in [0.05, 0.1) is 18.0 Å². The van der Waals surface area contributed by atoms with Gasteiger partial charge in [0.2, 0.25) is 10.6 Å². The molecule has 200 valence electrons. The molecule has 6 rings (SSSR count). The number of fused-ring (bicyclic) bond motifs is 2. The fourth-order valence-electron chi connectivity index (χ4n) is 4.82. The summed E-state index contributed by atoms with van der Waals surface area (Å²) in [6.45, 7) is 5.52. The first-order chi connectivity index (χ1) is 17.1. The van der Waals surface area contributed by atoms with Gasteiger partial charge in [0.15, 0.2) is 0 Å². The van der Waals surface area contributed by atoms with Crippen molar-refractivity contribution in [3.8, 4) is 0 Å². The van der Waals surface area contributed by atoms with Crippen molar-refractivity contribution in [2.24, 2.45) is 0 Å². The van der Waals surface area contributed by atoms with Crippen LogP contribution in [0.2, 0.25) is 15.7 Å². The molecule has 0 saturated carbocycles. The molecule has 4 heterocycles. The zero-order chi connectivity index (χ0) is 24.5. The number of nitrogens with zero attached hydrogens (tertiary/aromatic N) is 5. The average molecular weight is 579 g/mol. The van der Waals surface area contributed by atoms with Crippen LogP contribution in [0, 0.1) is 0 Å². The van der Waals surface area contributed by atoms with Crippen LogP contribution in [-0.4, -0.2) is 59.5 Å². The lowest BCUT2D eigenvalue weighted by molar-refractivity contribution is 0.144. The molecule has 2 fully saturated rings. The van der Waals surface area contributed by atoms with Gasteiger partial charge in [-0.3, -0.25) is 0 Å². The van der Waals surface area contributed by atoms with E-state index in [-0.39, 0.29) is 17.7 Å². The first kappa shape index (κ1) is 29.6. The molecule has 2 aliphatic carbocycles. The molecule has 0 N–H and O–H groups in total. The first-order valence-electron chi connectivity index (χ1n) is 12.8. The van der Waals surface area contributed by atoms with E-state index in [0.717, 1.165) is 101 Å². The van der Waals surface area contributed by atoms with E-state index in [2.05, 4.69) is 24.8 Å². The van der Waals surface area contributed by atoms with E-state index in [1.54, 1.807) is 0 Å². The number of aromatic nitrogens is 4. The quantitative estimate of drug-likeness (QED) is 0.298. The summed E-state index contributed by atoms with van der Waals surface area (Å²) in [6.07, 6.45) is 12.7. The second-order valence-corrected chi connectivity index (χ2v) is 10.2. The van der Waals surface area contributed by atoms with Crippen molar-refractivity contribution < 1.29 is 9.47 Å². The summed E-state index contributed by atoms with van der Waals surface area (Å²) < 4.78 is 10.7. The van der Waals surface area contributed by atoms with E-state index in [0.29, 0.717) is 10.4 Å². The van der Waals surface area contributed by atoms with Gasteiger partial charge in [0.25, 0.3) is 0 Å². The van der Waals surface area contributed by atoms with Crippen molar-refractivity contribution in [3.63, 3.8) is 0 Å². The zero-order valence-electron chi connectivity index (χ0n) is 20.6. The van der Waals surface area contributed by atoms with E-state index in [9.17, 15) is 0 Å². The van der Waals surface area contributed by atoms with Gasteiger partial charge in [-0.1, -0.05) is 24.4 Å². The Morgan fingerprint density at radius 2 is 1.14 bits per heavy atom. The number of anilines is 1. The van der Waals surface area contributed by atoms with E-state index in [4.69, 9.17) is 44.3 Å². The molecule has 0 atom stereocenters. The normalized spacial score (nSPS) is 18.8. The zero-order valence-corrected chi connectivity index (χ0v) is 23.7. The molecule has 2 saturated heterocycles. The molecule has 0 amide bonds. The highest BCUT2D eigenvalue weighted by molar-refractivity contribution is 6.32. The van der Waals surface area contributed by atoms with Crippen molar-refractivity contribution in [2.45, 2.75) is 70.6 Å². The highest BCUT2D eigenvalue weighted by Crippen LogP contribution is 2.30. The Morgan fingerprint density at radius 3 is 1.86 bits per heavy atom. The molecule has 7 nitrogen and oxygen atoms in total. The molecule has 0 spiro atoms. The van der Waals surface area contributed by atoms with Crippen LogP contribution in [0.3, 0.4) is 0 Å². The van der Waals surface area contributed by atoms with Gasteiger partial charge in [0, 0.05) is 44.0 Å². The summed E-state index contributed by atoms with van der Waals surface area (Å²) in [7, 11) is 0. The third-order valence-corrected chi connectivity index (χ3v) is 7.24. The average Bonchev–Trinajstić information content (AvgIpc) is 3.29. The van der Waals surface area contributed by atoms with Crippen molar-refractivity contribution in [1.82, 2.24) is 19.9 Å². The second-order valence-electron chi connectivity index (χ2n) is 9.14. The molecular formula is C25H35Cl4N5O2. The summed E-state index contributed by atoms with van der Waals surface area (Å²) >= 11 is 17.5. The van der Waals surface area contributed by atoms with Crippen molar-refractivity contribution >= 4 is 53.0 Å². The molecular weight excluding hydrogens is 544 g/mol. The van der Waals surface area contributed by atoms with Crippen LogP contribution < -0.4 is 4.90 Å². The fraction of sp³-hybridized carbons (Fsp3) is 0.680. The van der Waals surface area contributed by atoms with Crippen LogP contribution in [0.4, 0.5) is 5.82 Å². The molecule has 2 aromatic heterocycles. The van der Waals surface area contributed by atoms with E-state index in [1.807, 2.05) is 0 Å². The summed E-state index contributed by atoms with van der Waals surface area (Å²) in [6, 6.07) is 0. The molecule has 0 radical (unpaired) electrons. The van der Waals surface area contributed by atoms with E-state index in [1.165, 1.54) is 37.7 Å². The maximum atomic E-state index is 6.01. The minimum absolute atomic E-state index is 0. The number of ether oxygens (including phenoxy) is 2. The van der Waals surface area contributed by atoms with Gasteiger partial charge in [-0.15, -0.1) is 12.4 Å². The minimum Gasteiger partial charge on any atom is -0.381 e. The number of halogens is 4. The fourth-order valence-corrected chi connectivity index (χ4v) is 5.52. The van der Waals surface area contributed by atoms with Crippen LogP contribution in [-0.2, 0) is 35.2 Å². The third-order valence-electron chi connectivity index (χ3n) is 6.59. The summed E-state index contributed by atoms with van der Waals surface area (Å²) in [4.78, 5) is 19.0. The van der Waals surface area contributed by atoms with E-state index < -0.39 is 0 Å². The molecule has 0 aromatic carbocycles. The Kier molecular flexibility index (Phi) is 12.7. The lowest BCUT2D eigenvalue weighted by atomic mass is 10.2. The molecule has 11 heteroatoms. The molecule has 0 bridgehead atoms. The number of hydrogen-bond donors (Lipinski definition) is 0. The van der Waals surface area contributed by atoms with Crippen molar-refractivity contribution in [2.75, 3.05) is 44.4 Å². The smallest absolute Gasteiger partial charge is 0.224 e. The highest BCUT2D eigenvalue weighted by Gasteiger charge is 2.23. The minimum atomic E-state index is 0. The lowest BCUT2D eigenvalue weighted by Crippen LogP contribution is -2.28. The van der Waals surface area contributed by atoms with Crippen LogP contribution in [0.1, 0.15) is 67.5 Å². The van der Waals surface area contributed by atoms with Gasteiger partial charge in [0.1, 0.15) is 11.0 Å². The Morgan fingerprint density at radius 1 is 0.556 bits per heavy atom. The molecule has 36 heavy (non-hydrogen) atoms. The number of rotatable bonds is 1. The standard InChI is InChI=1S/C12H16ClN3O.C7H6Cl2N2.C6H12O.ClH/c13-12-14-10-4-1-3-9(10)11(15-12)16-5-2-7-17-8-6-16;8-6-4-2-1-3-5(4)10-7(9)11-6;1-2-4-6-7-5-3-1;/h1-8H2;1-3H2;1-6H2;1H. The van der Waals surface area contributed by atoms with Crippen LogP contribution in [0.15, 0.2) is 0 Å². The predicted molar refractivity (Wildman–Crippen MR) is 147 cm³/mol. The molecule has 2 aliphatic heterocycles. The Bertz CT molecular complexity index is 954.